The van der Waals surface area contributed by atoms with Gasteiger partial charge in [-0.3, -0.25) is 9.59 Å². The van der Waals surface area contributed by atoms with Gasteiger partial charge in [0.15, 0.2) is 11.6 Å². The fraction of sp³-hybridized carbons (Fsp3) is 0.467. The molecule has 0 aliphatic rings. The van der Waals surface area contributed by atoms with Gasteiger partial charge in [0.2, 0.25) is 5.91 Å². The summed E-state index contributed by atoms with van der Waals surface area (Å²) in [5.41, 5.74) is -0.920. The molecule has 1 rings (SSSR count). The topological polar surface area (TPSA) is 66.4 Å². The van der Waals surface area contributed by atoms with E-state index < -0.39 is 29.0 Å². The second kappa shape index (κ2) is 7.15. The zero-order chi connectivity index (χ0) is 16.0. The maximum absolute atomic E-state index is 13.5. The van der Waals surface area contributed by atoms with E-state index in [1.165, 1.54) is 12.1 Å². The van der Waals surface area contributed by atoms with Crippen LogP contribution in [-0.4, -0.2) is 22.5 Å². The Morgan fingerprint density at radius 2 is 1.86 bits per heavy atom. The van der Waals surface area contributed by atoms with Gasteiger partial charge in [0, 0.05) is 11.1 Å². The zero-order valence-corrected chi connectivity index (χ0v) is 12.1. The lowest BCUT2D eigenvalue weighted by Gasteiger charge is -2.31. The molecule has 2 N–H and O–H groups in total. The fourth-order valence-electron chi connectivity index (χ4n) is 2.21. The molecule has 0 atom stereocenters. The van der Waals surface area contributed by atoms with Gasteiger partial charge in [-0.2, -0.15) is 0 Å². The number of carboxylic acids is 1. The molecule has 0 bridgehead atoms. The number of hydrogen-bond donors (Lipinski definition) is 2. The van der Waals surface area contributed by atoms with Gasteiger partial charge in [-0.05, 0) is 18.9 Å². The average Bonchev–Trinajstić information content (AvgIpc) is 2.42. The number of rotatable bonds is 7. The quantitative estimate of drug-likeness (QED) is 0.813. The molecule has 0 aliphatic carbocycles. The van der Waals surface area contributed by atoms with E-state index in [9.17, 15) is 18.4 Å². The molecule has 0 saturated carbocycles. The largest absolute Gasteiger partial charge is 0.481 e. The van der Waals surface area contributed by atoms with E-state index in [0.717, 1.165) is 6.07 Å². The molecule has 0 aromatic heterocycles. The van der Waals surface area contributed by atoms with Crippen LogP contribution in [0.1, 0.15) is 38.7 Å². The van der Waals surface area contributed by atoms with Crippen LogP contribution in [0, 0.1) is 11.6 Å². The average molecular weight is 299 g/mol. The lowest BCUT2D eigenvalue weighted by Crippen LogP contribution is -2.49. The molecule has 116 valence electrons. The number of carbonyl (C=O) groups is 2. The van der Waals surface area contributed by atoms with E-state index in [0.29, 0.717) is 12.8 Å². The lowest BCUT2D eigenvalue weighted by molar-refractivity contribution is -0.139. The standard InChI is InChI=1S/C15H19F2NO3/c1-3-15(4-2,9-13(20)21)18-12(19)8-10-6-5-7-11(16)14(10)17/h5-7H,3-4,8-9H2,1-2H3,(H,18,19)(H,20,21). The second-order valence-electron chi connectivity index (χ2n) is 5.00. The lowest BCUT2D eigenvalue weighted by atomic mass is 9.88. The van der Waals surface area contributed by atoms with Crippen molar-refractivity contribution < 1.29 is 23.5 Å². The Bertz CT molecular complexity index is 528. The Labute approximate surface area is 122 Å². The number of aliphatic carboxylic acids is 1. The monoisotopic (exact) mass is 299 g/mol. The Balaban J connectivity index is 2.83. The number of carboxylic acid groups (broad SMARTS) is 1. The third-order valence-corrected chi connectivity index (χ3v) is 3.63. The maximum Gasteiger partial charge on any atom is 0.305 e. The van der Waals surface area contributed by atoms with Crippen molar-refractivity contribution in [3.63, 3.8) is 0 Å². The normalized spacial score (nSPS) is 11.2. The first-order valence-electron chi connectivity index (χ1n) is 6.79. The van der Waals surface area contributed by atoms with Crippen LogP contribution < -0.4 is 5.32 Å². The predicted molar refractivity (Wildman–Crippen MR) is 73.8 cm³/mol. The molecule has 0 fully saturated rings. The van der Waals surface area contributed by atoms with Gasteiger partial charge in [-0.25, -0.2) is 8.78 Å². The fourth-order valence-corrected chi connectivity index (χ4v) is 2.21. The van der Waals surface area contributed by atoms with Crippen molar-refractivity contribution in [2.24, 2.45) is 0 Å². The van der Waals surface area contributed by atoms with Crippen LogP contribution in [-0.2, 0) is 16.0 Å². The number of benzene rings is 1. The zero-order valence-electron chi connectivity index (χ0n) is 12.1. The molecule has 0 saturated heterocycles. The van der Waals surface area contributed by atoms with Gasteiger partial charge < -0.3 is 10.4 Å². The van der Waals surface area contributed by atoms with E-state index in [2.05, 4.69) is 5.32 Å². The SMILES string of the molecule is CCC(CC)(CC(=O)O)NC(=O)Cc1cccc(F)c1F. The van der Waals surface area contributed by atoms with Gasteiger partial charge >= 0.3 is 5.97 Å². The van der Waals surface area contributed by atoms with Crippen LogP contribution in [0.2, 0.25) is 0 Å². The predicted octanol–water partition coefficient (Wildman–Crippen LogP) is 2.66. The van der Waals surface area contributed by atoms with E-state index in [1.807, 2.05) is 0 Å². The van der Waals surface area contributed by atoms with E-state index in [1.54, 1.807) is 13.8 Å². The first-order chi connectivity index (χ1) is 9.83. The van der Waals surface area contributed by atoms with E-state index >= 15 is 0 Å². The van der Waals surface area contributed by atoms with Crippen LogP contribution in [0.15, 0.2) is 18.2 Å². The van der Waals surface area contributed by atoms with Crippen LogP contribution in [0.3, 0.4) is 0 Å². The molecule has 21 heavy (non-hydrogen) atoms. The van der Waals surface area contributed by atoms with Crippen LogP contribution in [0.25, 0.3) is 0 Å². The highest BCUT2D eigenvalue weighted by Crippen LogP contribution is 2.20. The van der Waals surface area contributed by atoms with E-state index in [-0.39, 0.29) is 18.4 Å². The highest BCUT2D eigenvalue weighted by atomic mass is 19.2. The minimum absolute atomic E-state index is 0.0519. The molecule has 0 radical (unpaired) electrons. The number of carbonyl (C=O) groups excluding carboxylic acids is 1. The number of amides is 1. The summed E-state index contributed by atoms with van der Waals surface area (Å²) in [5.74, 6) is -3.60. The summed E-state index contributed by atoms with van der Waals surface area (Å²) in [6.07, 6.45) is 0.336. The van der Waals surface area contributed by atoms with Crippen molar-refractivity contribution in [1.82, 2.24) is 5.32 Å². The molecule has 1 aromatic carbocycles. The van der Waals surface area contributed by atoms with Crippen molar-refractivity contribution in [3.05, 3.63) is 35.4 Å². The summed E-state index contributed by atoms with van der Waals surface area (Å²) < 4.78 is 26.6. The summed E-state index contributed by atoms with van der Waals surface area (Å²) in [4.78, 5) is 22.9. The molecule has 4 nitrogen and oxygen atoms in total. The molecule has 1 amide bonds. The van der Waals surface area contributed by atoms with Gasteiger partial charge in [-0.1, -0.05) is 26.0 Å². The minimum Gasteiger partial charge on any atom is -0.481 e. The molecule has 0 heterocycles. The number of halogens is 2. The van der Waals surface area contributed by atoms with Crippen molar-refractivity contribution in [2.75, 3.05) is 0 Å². The van der Waals surface area contributed by atoms with Crippen molar-refractivity contribution in [2.45, 2.75) is 45.1 Å². The highest BCUT2D eigenvalue weighted by Gasteiger charge is 2.31. The van der Waals surface area contributed by atoms with Crippen molar-refractivity contribution in [1.29, 1.82) is 0 Å². The van der Waals surface area contributed by atoms with Crippen LogP contribution >= 0.6 is 0 Å². The molecule has 0 spiro atoms. The van der Waals surface area contributed by atoms with Crippen molar-refractivity contribution in [3.8, 4) is 0 Å². The first-order valence-corrected chi connectivity index (χ1v) is 6.79. The van der Waals surface area contributed by atoms with Gasteiger partial charge in [0.25, 0.3) is 0 Å². The molecule has 1 aromatic rings. The molecule has 0 aliphatic heterocycles. The van der Waals surface area contributed by atoms with Gasteiger partial charge in [0.05, 0.1) is 12.8 Å². The van der Waals surface area contributed by atoms with Crippen molar-refractivity contribution >= 4 is 11.9 Å². The summed E-state index contributed by atoms with van der Waals surface area (Å²) in [6.45, 7) is 3.55. The Morgan fingerprint density at radius 3 is 2.38 bits per heavy atom. The summed E-state index contributed by atoms with van der Waals surface area (Å²) in [6, 6.07) is 3.63. The summed E-state index contributed by atoms with van der Waals surface area (Å²) >= 11 is 0. The molecule has 0 unspecified atom stereocenters. The molecular formula is C15H19F2NO3. The first kappa shape index (κ1) is 17.1. The highest BCUT2D eigenvalue weighted by molar-refractivity contribution is 5.80. The van der Waals surface area contributed by atoms with Crippen LogP contribution in [0.5, 0.6) is 0 Å². The van der Waals surface area contributed by atoms with Gasteiger partial charge in [-0.15, -0.1) is 0 Å². The summed E-state index contributed by atoms with van der Waals surface area (Å²) in [5, 5.41) is 11.6. The molecular weight excluding hydrogens is 280 g/mol. The Kier molecular flexibility index (Phi) is 5.81. The number of nitrogens with one attached hydrogen (secondary N) is 1. The minimum atomic E-state index is -1.05. The second-order valence-corrected chi connectivity index (χ2v) is 5.00. The van der Waals surface area contributed by atoms with E-state index in [4.69, 9.17) is 5.11 Å². The molecule has 6 heteroatoms. The Morgan fingerprint density at radius 1 is 1.24 bits per heavy atom. The summed E-state index contributed by atoms with van der Waals surface area (Å²) in [7, 11) is 0. The third kappa shape index (κ3) is 4.51. The van der Waals surface area contributed by atoms with Crippen LogP contribution in [0.4, 0.5) is 8.78 Å². The smallest absolute Gasteiger partial charge is 0.305 e. The third-order valence-electron chi connectivity index (χ3n) is 3.63. The number of hydrogen-bond acceptors (Lipinski definition) is 2. The maximum atomic E-state index is 13.5. The Hall–Kier alpha value is -1.98. The van der Waals surface area contributed by atoms with Gasteiger partial charge in [0.1, 0.15) is 0 Å².